The standard InChI is InChI=1S/C14H14N2O2/c1-3-11-7-12-8-15-10-16(12)9-13(11)14(4-1)17-5-2-6-18-14/h1,3-4,7-9H,2,5-6,10H2. The lowest BCUT2D eigenvalue weighted by Gasteiger charge is -2.40. The molecule has 3 heterocycles. The van der Waals surface area contributed by atoms with E-state index >= 15 is 0 Å². The van der Waals surface area contributed by atoms with Crippen molar-refractivity contribution in [3.05, 3.63) is 47.3 Å². The Morgan fingerprint density at radius 2 is 2.17 bits per heavy atom. The summed E-state index contributed by atoms with van der Waals surface area (Å²) in [5, 5.41) is 0. The summed E-state index contributed by atoms with van der Waals surface area (Å²) in [5.74, 6) is -0.688. The van der Waals surface area contributed by atoms with Gasteiger partial charge in [0.05, 0.1) is 18.9 Å². The van der Waals surface area contributed by atoms with Crippen LogP contribution in [-0.2, 0) is 9.47 Å². The average molecular weight is 242 g/mol. The maximum atomic E-state index is 5.91. The van der Waals surface area contributed by atoms with Crippen molar-refractivity contribution in [1.82, 2.24) is 4.90 Å². The lowest BCUT2D eigenvalue weighted by atomic mass is 9.90. The highest BCUT2D eigenvalue weighted by molar-refractivity contribution is 5.82. The topological polar surface area (TPSA) is 34.1 Å². The fourth-order valence-electron chi connectivity index (χ4n) is 2.68. The fourth-order valence-corrected chi connectivity index (χ4v) is 2.68. The lowest BCUT2D eigenvalue weighted by molar-refractivity contribution is -0.212. The van der Waals surface area contributed by atoms with Crippen molar-refractivity contribution in [3.63, 3.8) is 0 Å². The van der Waals surface area contributed by atoms with Crippen molar-refractivity contribution in [1.29, 1.82) is 0 Å². The van der Waals surface area contributed by atoms with Gasteiger partial charge < -0.3 is 14.4 Å². The van der Waals surface area contributed by atoms with Crippen LogP contribution in [0.1, 0.15) is 6.42 Å². The van der Waals surface area contributed by atoms with E-state index in [0.29, 0.717) is 6.67 Å². The molecule has 0 N–H and O–H groups in total. The van der Waals surface area contributed by atoms with Gasteiger partial charge in [-0.05, 0) is 24.1 Å². The normalized spacial score (nSPS) is 27.6. The highest BCUT2D eigenvalue weighted by Crippen LogP contribution is 2.40. The fraction of sp³-hybridized carbons (Fsp3) is 0.357. The number of aliphatic imine (C=N–C) groups is 1. The van der Waals surface area contributed by atoms with Crippen LogP contribution in [0.15, 0.2) is 52.3 Å². The average Bonchev–Trinajstić information content (AvgIpc) is 2.85. The molecule has 0 bridgehead atoms. The molecular formula is C14H14N2O2. The quantitative estimate of drug-likeness (QED) is 0.649. The van der Waals surface area contributed by atoms with Gasteiger partial charge in [-0.2, -0.15) is 0 Å². The Morgan fingerprint density at radius 1 is 1.28 bits per heavy atom. The monoisotopic (exact) mass is 242 g/mol. The molecule has 1 aliphatic carbocycles. The molecule has 0 unspecified atom stereocenters. The molecule has 1 fully saturated rings. The lowest BCUT2D eigenvalue weighted by Crippen LogP contribution is -2.43. The highest BCUT2D eigenvalue weighted by Gasteiger charge is 2.41. The largest absolute Gasteiger partial charge is 0.342 e. The Bertz CT molecular complexity index is 534. The highest BCUT2D eigenvalue weighted by atomic mass is 16.7. The summed E-state index contributed by atoms with van der Waals surface area (Å²) in [4.78, 5) is 6.40. The minimum absolute atomic E-state index is 0.683. The minimum Gasteiger partial charge on any atom is -0.342 e. The van der Waals surface area contributed by atoms with Crippen molar-refractivity contribution in [2.45, 2.75) is 12.2 Å². The molecule has 4 heteroatoms. The van der Waals surface area contributed by atoms with E-state index in [4.69, 9.17) is 9.47 Å². The molecule has 0 aromatic heterocycles. The Kier molecular flexibility index (Phi) is 2.10. The molecule has 0 saturated carbocycles. The first-order chi connectivity index (χ1) is 8.87. The van der Waals surface area contributed by atoms with E-state index < -0.39 is 5.79 Å². The van der Waals surface area contributed by atoms with E-state index in [9.17, 15) is 0 Å². The summed E-state index contributed by atoms with van der Waals surface area (Å²) in [6.07, 6.45) is 13.2. The Morgan fingerprint density at radius 3 is 3.06 bits per heavy atom. The molecule has 3 aliphatic heterocycles. The van der Waals surface area contributed by atoms with Crippen molar-refractivity contribution in [3.8, 4) is 0 Å². The summed E-state index contributed by atoms with van der Waals surface area (Å²) >= 11 is 0. The van der Waals surface area contributed by atoms with Crippen molar-refractivity contribution in [2.24, 2.45) is 4.99 Å². The van der Waals surface area contributed by atoms with Gasteiger partial charge in [-0.3, -0.25) is 4.99 Å². The summed E-state index contributed by atoms with van der Waals surface area (Å²) in [7, 11) is 0. The molecule has 4 nitrogen and oxygen atoms in total. The van der Waals surface area contributed by atoms with Crippen molar-refractivity contribution >= 4 is 6.21 Å². The van der Waals surface area contributed by atoms with Crippen LogP contribution in [0.3, 0.4) is 0 Å². The molecule has 1 spiro atoms. The van der Waals surface area contributed by atoms with E-state index in [-0.39, 0.29) is 0 Å². The van der Waals surface area contributed by atoms with Gasteiger partial charge in [-0.1, -0.05) is 12.2 Å². The number of nitrogens with zero attached hydrogens (tertiary/aromatic N) is 2. The molecule has 0 amide bonds. The molecule has 0 aromatic carbocycles. The number of fused-ring (bicyclic) bond motifs is 3. The molecule has 0 atom stereocenters. The smallest absolute Gasteiger partial charge is 0.217 e. The number of hydrogen-bond donors (Lipinski definition) is 0. The Labute approximate surface area is 106 Å². The SMILES string of the molecule is C1=CC2(OCCCO2)C2=CN3CN=CC3=CC2=C1. The summed E-state index contributed by atoms with van der Waals surface area (Å²) in [5.41, 5.74) is 3.37. The zero-order valence-corrected chi connectivity index (χ0v) is 10.0. The Hall–Kier alpha value is -1.65. The molecule has 0 radical (unpaired) electrons. The predicted molar refractivity (Wildman–Crippen MR) is 67.8 cm³/mol. The maximum absolute atomic E-state index is 5.91. The van der Waals surface area contributed by atoms with Gasteiger partial charge in [0.2, 0.25) is 5.79 Å². The van der Waals surface area contributed by atoms with E-state index in [0.717, 1.165) is 36.5 Å². The van der Waals surface area contributed by atoms with Gasteiger partial charge in [0.25, 0.3) is 0 Å². The van der Waals surface area contributed by atoms with Crippen LogP contribution in [0.25, 0.3) is 0 Å². The van der Waals surface area contributed by atoms with Crippen LogP contribution in [0.5, 0.6) is 0 Å². The van der Waals surface area contributed by atoms with Crippen LogP contribution < -0.4 is 0 Å². The second-order valence-electron chi connectivity index (χ2n) is 4.73. The van der Waals surface area contributed by atoms with Crippen molar-refractivity contribution in [2.75, 3.05) is 19.9 Å². The molecule has 4 rings (SSSR count). The van der Waals surface area contributed by atoms with Gasteiger partial charge in [-0.25, -0.2) is 0 Å². The zero-order chi connectivity index (χ0) is 12.0. The number of rotatable bonds is 0. The molecule has 92 valence electrons. The predicted octanol–water partition coefficient (Wildman–Crippen LogP) is 1.74. The van der Waals surface area contributed by atoms with Gasteiger partial charge in [0.15, 0.2) is 0 Å². The first-order valence-electron chi connectivity index (χ1n) is 6.26. The van der Waals surface area contributed by atoms with Crippen LogP contribution in [0.2, 0.25) is 0 Å². The number of allylic oxidation sites excluding steroid dienone is 4. The summed E-state index contributed by atoms with van der Waals surface area (Å²) < 4.78 is 11.8. The first-order valence-corrected chi connectivity index (χ1v) is 6.26. The number of ether oxygens (including phenoxy) is 2. The van der Waals surface area contributed by atoms with Gasteiger partial charge in [0.1, 0.15) is 6.67 Å². The van der Waals surface area contributed by atoms with Gasteiger partial charge >= 0.3 is 0 Å². The van der Waals surface area contributed by atoms with E-state index in [1.54, 1.807) is 0 Å². The van der Waals surface area contributed by atoms with Crippen molar-refractivity contribution < 1.29 is 9.47 Å². The molecule has 0 aromatic rings. The van der Waals surface area contributed by atoms with Gasteiger partial charge in [-0.15, -0.1) is 0 Å². The summed E-state index contributed by atoms with van der Waals surface area (Å²) in [6, 6.07) is 0. The van der Waals surface area contributed by atoms with E-state index in [1.165, 1.54) is 0 Å². The molecular weight excluding hydrogens is 228 g/mol. The zero-order valence-electron chi connectivity index (χ0n) is 10.0. The van der Waals surface area contributed by atoms with Gasteiger partial charge in [0, 0.05) is 18.0 Å². The minimum atomic E-state index is -0.688. The molecule has 18 heavy (non-hydrogen) atoms. The van der Waals surface area contributed by atoms with Crippen LogP contribution in [0.4, 0.5) is 0 Å². The van der Waals surface area contributed by atoms with Crippen LogP contribution in [0, 0.1) is 0 Å². The second-order valence-corrected chi connectivity index (χ2v) is 4.73. The van der Waals surface area contributed by atoms with E-state index in [1.807, 2.05) is 18.4 Å². The first kappa shape index (κ1) is 10.3. The maximum Gasteiger partial charge on any atom is 0.217 e. The third-order valence-electron chi connectivity index (χ3n) is 3.58. The number of hydrogen-bond acceptors (Lipinski definition) is 4. The van der Waals surface area contributed by atoms with Crippen LogP contribution >= 0.6 is 0 Å². The molecule has 4 aliphatic rings. The third-order valence-corrected chi connectivity index (χ3v) is 3.58. The second kappa shape index (κ2) is 3.67. The Balaban J connectivity index is 1.78. The molecule has 1 saturated heterocycles. The summed E-state index contributed by atoms with van der Waals surface area (Å²) in [6.45, 7) is 2.16. The van der Waals surface area contributed by atoms with E-state index in [2.05, 4.69) is 28.2 Å². The third kappa shape index (κ3) is 1.36. The van der Waals surface area contributed by atoms with Crippen LogP contribution in [-0.4, -0.2) is 36.8 Å².